The molecular weight excluding hydrogens is 591 g/mol. The molecule has 0 fully saturated rings. The lowest BCUT2D eigenvalue weighted by atomic mass is 9.99. The van der Waals surface area contributed by atoms with Crippen LogP contribution in [-0.2, 0) is 12.5 Å². The maximum Gasteiger partial charge on any atom is 0.460 e. The highest BCUT2D eigenvalue weighted by Crippen LogP contribution is 2.51. The zero-order valence-electron chi connectivity index (χ0n) is 19.3. The molecule has 1 N–H and O–H groups in total. The molecule has 0 saturated heterocycles. The molecule has 0 unspecified atom stereocenters. The summed E-state index contributed by atoms with van der Waals surface area (Å²) in [6.07, 6.45) is -14.6. The lowest BCUT2D eigenvalue weighted by Crippen LogP contribution is -2.50. The number of anilines is 1. The van der Waals surface area contributed by atoms with Crippen LogP contribution in [0.2, 0.25) is 10.0 Å². The second-order valence-corrected chi connectivity index (χ2v) is 9.22. The minimum absolute atomic E-state index is 0.0182. The number of hydrogen-bond acceptors (Lipinski definition) is 2. The van der Waals surface area contributed by atoms with Crippen molar-refractivity contribution in [2.75, 3.05) is 11.4 Å². The molecule has 212 valence electrons. The van der Waals surface area contributed by atoms with E-state index in [2.05, 4.69) is 0 Å². The topological polar surface area (TPSA) is 23.5 Å². The lowest BCUT2D eigenvalue weighted by molar-refractivity contribution is -0.359. The zero-order chi connectivity index (χ0) is 29.4. The van der Waals surface area contributed by atoms with Crippen molar-refractivity contribution in [1.29, 1.82) is 0 Å². The summed E-state index contributed by atoms with van der Waals surface area (Å²) in [5, 5.41) is 9.99. The maximum absolute atomic E-state index is 14.3. The third kappa shape index (κ3) is 6.55. The molecule has 0 aliphatic carbocycles. The van der Waals surface area contributed by atoms with E-state index < -0.39 is 49.0 Å². The van der Waals surface area contributed by atoms with E-state index in [0.717, 1.165) is 17.0 Å². The summed E-state index contributed by atoms with van der Waals surface area (Å²) < 4.78 is 133. The van der Waals surface area contributed by atoms with E-state index >= 15 is 0 Å². The third-order valence-electron chi connectivity index (χ3n) is 5.66. The molecule has 14 heteroatoms. The standard InChI is InChI=1S/C25H17Cl2F10NO/c26-19-9-3-8-18(21(19)27)15-5-2-7-17(11-15)38(13-20(39)23(30,31)32)12-14-4-1-6-16(10-14)22(28,29)24(33,34)25(35,36)37/h1-11,20,39H,12-13H2/t20-/m1/s1. The molecule has 3 aromatic carbocycles. The van der Waals surface area contributed by atoms with Crippen molar-refractivity contribution in [1.82, 2.24) is 0 Å². The maximum atomic E-state index is 14.3. The summed E-state index contributed by atoms with van der Waals surface area (Å²) in [6, 6.07) is 12.8. The number of aliphatic hydroxyl groups is 1. The predicted octanol–water partition coefficient (Wildman–Crippen LogP) is 8.88. The molecule has 0 heterocycles. The Kier molecular flexibility index (Phi) is 8.74. The minimum Gasteiger partial charge on any atom is -0.382 e. The summed E-state index contributed by atoms with van der Waals surface area (Å²) in [5.74, 6) is -12.1. The van der Waals surface area contributed by atoms with Gasteiger partial charge in [0.25, 0.3) is 0 Å². The fraction of sp³-hybridized carbons (Fsp3) is 0.280. The summed E-state index contributed by atoms with van der Waals surface area (Å²) >= 11 is 12.2. The molecule has 2 nitrogen and oxygen atoms in total. The van der Waals surface area contributed by atoms with Crippen LogP contribution in [0.3, 0.4) is 0 Å². The zero-order valence-corrected chi connectivity index (χ0v) is 20.8. The van der Waals surface area contributed by atoms with Crippen molar-refractivity contribution in [2.24, 2.45) is 0 Å². The van der Waals surface area contributed by atoms with Crippen molar-refractivity contribution in [3.63, 3.8) is 0 Å². The van der Waals surface area contributed by atoms with Crippen molar-refractivity contribution < 1.29 is 49.0 Å². The first-order valence-electron chi connectivity index (χ1n) is 10.8. The van der Waals surface area contributed by atoms with Crippen LogP contribution in [0, 0.1) is 0 Å². The average Bonchev–Trinajstić information content (AvgIpc) is 2.84. The van der Waals surface area contributed by atoms with Gasteiger partial charge in [0.2, 0.25) is 0 Å². The summed E-state index contributed by atoms with van der Waals surface area (Å²) in [4.78, 5) is 0.902. The van der Waals surface area contributed by atoms with Crippen LogP contribution in [0.1, 0.15) is 11.1 Å². The molecule has 0 saturated carbocycles. The van der Waals surface area contributed by atoms with Gasteiger partial charge in [-0.25, -0.2) is 0 Å². The molecule has 0 aliphatic rings. The van der Waals surface area contributed by atoms with Crippen LogP contribution in [0.15, 0.2) is 66.7 Å². The van der Waals surface area contributed by atoms with E-state index in [9.17, 15) is 49.0 Å². The quantitative estimate of drug-likeness (QED) is 0.259. The van der Waals surface area contributed by atoms with Gasteiger partial charge in [0, 0.05) is 23.4 Å². The average molecular weight is 608 g/mol. The number of aliphatic hydroxyl groups excluding tert-OH is 1. The van der Waals surface area contributed by atoms with E-state index in [1.54, 1.807) is 18.2 Å². The van der Waals surface area contributed by atoms with Gasteiger partial charge in [-0.2, -0.15) is 43.9 Å². The third-order valence-corrected chi connectivity index (χ3v) is 6.48. The van der Waals surface area contributed by atoms with Crippen LogP contribution < -0.4 is 4.90 Å². The molecule has 39 heavy (non-hydrogen) atoms. The molecule has 0 aromatic heterocycles. The fourth-order valence-corrected chi connectivity index (χ4v) is 4.02. The fourth-order valence-electron chi connectivity index (χ4n) is 3.62. The van der Waals surface area contributed by atoms with Crippen LogP contribution in [0.4, 0.5) is 49.6 Å². The number of alkyl halides is 10. The molecule has 0 radical (unpaired) electrons. The summed E-state index contributed by atoms with van der Waals surface area (Å²) in [7, 11) is 0. The number of hydrogen-bond donors (Lipinski definition) is 1. The van der Waals surface area contributed by atoms with Crippen LogP contribution >= 0.6 is 23.2 Å². The Hall–Kier alpha value is -2.70. The largest absolute Gasteiger partial charge is 0.460 e. The first kappa shape index (κ1) is 30.8. The Morgan fingerprint density at radius 2 is 1.38 bits per heavy atom. The van der Waals surface area contributed by atoms with E-state index in [1.807, 2.05) is 0 Å². The second kappa shape index (κ2) is 11.1. The van der Waals surface area contributed by atoms with E-state index in [4.69, 9.17) is 23.2 Å². The highest BCUT2D eigenvalue weighted by molar-refractivity contribution is 6.43. The minimum atomic E-state index is -6.57. The number of rotatable bonds is 8. The monoisotopic (exact) mass is 607 g/mol. The molecule has 0 amide bonds. The van der Waals surface area contributed by atoms with Crippen molar-refractivity contribution in [3.8, 4) is 11.1 Å². The number of benzene rings is 3. The molecule has 0 bridgehead atoms. The highest BCUT2D eigenvalue weighted by atomic mass is 35.5. The van der Waals surface area contributed by atoms with E-state index in [-0.39, 0.29) is 21.3 Å². The van der Waals surface area contributed by atoms with Crippen molar-refractivity contribution in [2.45, 2.75) is 36.8 Å². The Morgan fingerprint density at radius 1 is 0.769 bits per heavy atom. The van der Waals surface area contributed by atoms with Crippen molar-refractivity contribution in [3.05, 3.63) is 87.9 Å². The van der Waals surface area contributed by atoms with Crippen LogP contribution in [-0.4, -0.2) is 36.0 Å². The van der Waals surface area contributed by atoms with Gasteiger partial charge in [-0.05, 0) is 35.4 Å². The van der Waals surface area contributed by atoms with Crippen LogP contribution in [0.25, 0.3) is 11.1 Å². The van der Waals surface area contributed by atoms with Crippen LogP contribution in [0.5, 0.6) is 0 Å². The van der Waals surface area contributed by atoms with Gasteiger partial charge < -0.3 is 10.0 Å². The molecular formula is C25H17Cl2F10NO. The van der Waals surface area contributed by atoms with E-state index in [0.29, 0.717) is 23.3 Å². The van der Waals surface area contributed by atoms with Gasteiger partial charge in [0.15, 0.2) is 6.10 Å². The molecule has 0 aliphatic heterocycles. The van der Waals surface area contributed by atoms with Gasteiger partial charge >= 0.3 is 24.2 Å². The Morgan fingerprint density at radius 3 is 2.00 bits per heavy atom. The van der Waals surface area contributed by atoms with Gasteiger partial charge in [-0.1, -0.05) is 65.7 Å². The van der Waals surface area contributed by atoms with Gasteiger partial charge in [-0.3, -0.25) is 0 Å². The predicted molar refractivity (Wildman–Crippen MR) is 126 cm³/mol. The van der Waals surface area contributed by atoms with Gasteiger partial charge in [-0.15, -0.1) is 0 Å². The van der Waals surface area contributed by atoms with Crippen molar-refractivity contribution >= 4 is 28.9 Å². The molecule has 3 rings (SSSR count). The van der Waals surface area contributed by atoms with Gasteiger partial charge in [0.1, 0.15) is 0 Å². The summed E-state index contributed by atoms with van der Waals surface area (Å²) in [5.41, 5.74) is -1.25. The SMILES string of the molecule is O[C@H](CN(Cc1cccc(C(F)(F)C(F)(F)C(F)(F)F)c1)c1cccc(-c2cccc(Cl)c2Cl)c1)C(F)(F)F. The second-order valence-electron chi connectivity index (χ2n) is 8.44. The van der Waals surface area contributed by atoms with E-state index in [1.165, 1.54) is 24.3 Å². The Labute approximate surface area is 225 Å². The molecule has 0 spiro atoms. The highest BCUT2D eigenvalue weighted by Gasteiger charge is 2.73. The lowest BCUT2D eigenvalue weighted by Gasteiger charge is -2.30. The first-order chi connectivity index (χ1) is 17.9. The smallest absolute Gasteiger partial charge is 0.382 e. The number of halogens is 12. The molecule has 1 atom stereocenters. The number of nitrogens with zero attached hydrogens (tertiary/aromatic N) is 1. The normalized spacial score (nSPS) is 13.9. The van der Waals surface area contributed by atoms with Gasteiger partial charge in [0.05, 0.1) is 16.6 Å². The summed E-state index contributed by atoms with van der Waals surface area (Å²) in [6.45, 7) is -1.81. The molecule has 3 aromatic rings. The Bertz CT molecular complexity index is 1310. The first-order valence-corrected chi connectivity index (χ1v) is 11.6. The Balaban J connectivity index is 2.04.